The molecule has 0 radical (unpaired) electrons. The summed E-state index contributed by atoms with van der Waals surface area (Å²) in [6.45, 7) is 0.105. The molecule has 1 fully saturated rings. The first kappa shape index (κ1) is 12.5. The standard InChI is InChI=1S/C12H13NO5/c14-12(15)11-8(7-18-9-4-2-5-9)3-1-6-10(11)13(16)17/h1,3,6,9H,2,4-5,7H2,(H,14,15). The van der Waals surface area contributed by atoms with Crippen LogP contribution in [-0.4, -0.2) is 22.1 Å². The van der Waals surface area contributed by atoms with E-state index in [-0.39, 0.29) is 18.3 Å². The number of carboxylic acids is 1. The fourth-order valence-electron chi connectivity index (χ4n) is 1.85. The van der Waals surface area contributed by atoms with E-state index in [0.717, 1.165) is 19.3 Å². The third-order valence-electron chi connectivity index (χ3n) is 3.07. The summed E-state index contributed by atoms with van der Waals surface area (Å²) in [5.41, 5.74) is -0.317. The molecule has 0 unspecified atom stereocenters. The van der Waals surface area contributed by atoms with Crippen molar-refractivity contribution in [2.45, 2.75) is 32.0 Å². The summed E-state index contributed by atoms with van der Waals surface area (Å²) < 4.78 is 5.50. The van der Waals surface area contributed by atoms with Gasteiger partial charge in [0, 0.05) is 6.07 Å². The van der Waals surface area contributed by atoms with E-state index in [1.165, 1.54) is 12.1 Å². The smallest absolute Gasteiger partial charge is 0.343 e. The van der Waals surface area contributed by atoms with E-state index < -0.39 is 16.6 Å². The molecule has 0 aromatic heterocycles. The van der Waals surface area contributed by atoms with Crippen molar-refractivity contribution in [2.75, 3.05) is 0 Å². The maximum Gasteiger partial charge on any atom is 0.343 e. The minimum absolute atomic E-state index is 0.105. The highest BCUT2D eigenvalue weighted by molar-refractivity contribution is 5.94. The number of carboxylic acid groups (broad SMARTS) is 1. The summed E-state index contributed by atoms with van der Waals surface area (Å²) in [7, 11) is 0. The van der Waals surface area contributed by atoms with Crippen LogP contribution in [0.25, 0.3) is 0 Å². The fourth-order valence-corrected chi connectivity index (χ4v) is 1.85. The molecule has 0 spiro atoms. The van der Waals surface area contributed by atoms with Crippen LogP contribution < -0.4 is 0 Å². The van der Waals surface area contributed by atoms with Crippen molar-refractivity contribution < 1.29 is 19.6 Å². The summed E-state index contributed by atoms with van der Waals surface area (Å²) in [6.07, 6.45) is 3.21. The average Bonchev–Trinajstić information content (AvgIpc) is 2.26. The van der Waals surface area contributed by atoms with Gasteiger partial charge in [0.25, 0.3) is 5.69 Å². The van der Waals surface area contributed by atoms with Crippen LogP contribution in [0.4, 0.5) is 5.69 Å². The summed E-state index contributed by atoms with van der Waals surface area (Å²) in [5, 5.41) is 19.9. The van der Waals surface area contributed by atoms with Crippen molar-refractivity contribution in [1.82, 2.24) is 0 Å². The van der Waals surface area contributed by atoms with Crippen LogP contribution in [0.15, 0.2) is 18.2 Å². The maximum atomic E-state index is 11.1. The van der Waals surface area contributed by atoms with E-state index >= 15 is 0 Å². The number of benzene rings is 1. The molecule has 18 heavy (non-hydrogen) atoms. The first-order valence-corrected chi connectivity index (χ1v) is 5.70. The molecular formula is C12H13NO5. The Morgan fingerprint density at radius 3 is 2.72 bits per heavy atom. The molecule has 0 heterocycles. The van der Waals surface area contributed by atoms with Crippen LogP contribution in [0.2, 0.25) is 0 Å². The van der Waals surface area contributed by atoms with Gasteiger partial charge < -0.3 is 9.84 Å². The number of ether oxygens (including phenoxy) is 1. The lowest BCUT2D eigenvalue weighted by Crippen LogP contribution is -2.21. The molecular weight excluding hydrogens is 238 g/mol. The van der Waals surface area contributed by atoms with Crippen LogP contribution in [0.5, 0.6) is 0 Å². The Bertz CT molecular complexity index is 481. The third kappa shape index (κ3) is 2.48. The highest BCUT2D eigenvalue weighted by Crippen LogP contribution is 2.26. The lowest BCUT2D eigenvalue weighted by molar-refractivity contribution is -0.385. The Kier molecular flexibility index (Phi) is 3.57. The molecule has 1 N–H and O–H groups in total. The predicted octanol–water partition coefficient (Wildman–Crippen LogP) is 2.36. The Morgan fingerprint density at radius 1 is 1.50 bits per heavy atom. The second-order valence-corrected chi connectivity index (χ2v) is 4.24. The molecule has 96 valence electrons. The molecule has 2 rings (SSSR count). The van der Waals surface area contributed by atoms with Gasteiger partial charge in [-0.2, -0.15) is 0 Å². The molecule has 0 aliphatic heterocycles. The molecule has 1 saturated carbocycles. The van der Waals surface area contributed by atoms with Crippen LogP contribution in [-0.2, 0) is 11.3 Å². The number of nitro benzene ring substituents is 1. The van der Waals surface area contributed by atoms with Gasteiger partial charge in [-0.25, -0.2) is 4.79 Å². The Labute approximate surface area is 103 Å². The molecule has 0 bridgehead atoms. The van der Waals surface area contributed by atoms with Gasteiger partial charge in [0.1, 0.15) is 5.56 Å². The molecule has 0 atom stereocenters. The number of nitrogens with zero attached hydrogens (tertiary/aromatic N) is 1. The van der Waals surface area contributed by atoms with E-state index in [1.54, 1.807) is 6.07 Å². The van der Waals surface area contributed by atoms with E-state index in [4.69, 9.17) is 9.84 Å². The molecule has 0 saturated heterocycles. The van der Waals surface area contributed by atoms with Gasteiger partial charge in [-0.1, -0.05) is 12.1 Å². The first-order chi connectivity index (χ1) is 8.59. The zero-order valence-corrected chi connectivity index (χ0v) is 9.67. The van der Waals surface area contributed by atoms with Gasteiger partial charge in [0.2, 0.25) is 0 Å². The SMILES string of the molecule is O=C(O)c1c(COC2CCC2)cccc1[N+](=O)[O-]. The zero-order valence-electron chi connectivity index (χ0n) is 9.67. The van der Waals surface area contributed by atoms with E-state index in [2.05, 4.69) is 0 Å². The monoisotopic (exact) mass is 251 g/mol. The molecule has 0 amide bonds. The van der Waals surface area contributed by atoms with Crippen molar-refractivity contribution in [3.63, 3.8) is 0 Å². The van der Waals surface area contributed by atoms with Crippen LogP contribution in [0, 0.1) is 10.1 Å². The molecule has 1 aliphatic rings. The third-order valence-corrected chi connectivity index (χ3v) is 3.07. The van der Waals surface area contributed by atoms with Crippen molar-refractivity contribution in [2.24, 2.45) is 0 Å². The molecule has 1 aromatic rings. The first-order valence-electron chi connectivity index (χ1n) is 5.70. The van der Waals surface area contributed by atoms with Gasteiger partial charge in [0.15, 0.2) is 0 Å². The van der Waals surface area contributed by atoms with E-state index in [1.807, 2.05) is 0 Å². The van der Waals surface area contributed by atoms with Crippen LogP contribution in [0.3, 0.4) is 0 Å². The van der Waals surface area contributed by atoms with Gasteiger partial charge in [0.05, 0.1) is 17.6 Å². The summed E-state index contributed by atoms with van der Waals surface area (Å²) in [5.74, 6) is -1.30. The Hall–Kier alpha value is -1.95. The number of hydrogen-bond donors (Lipinski definition) is 1. The van der Waals surface area contributed by atoms with Gasteiger partial charge in [-0.05, 0) is 24.8 Å². The normalized spacial score (nSPS) is 15.1. The fraction of sp³-hybridized carbons (Fsp3) is 0.417. The van der Waals surface area contributed by atoms with E-state index in [0.29, 0.717) is 5.56 Å². The summed E-state index contributed by atoms with van der Waals surface area (Å²) in [4.78, 5) is 21.2. The van der Waals surface area contributed by atoms with Crippen molar-refractivity contribution in [3.05, 3.63) is 39.4 Å². The summed E-state index contributed by atoms with van der Waals surface area (Å²) in [6, 6.07) is 4.22. The van der Waals surface area contributed by atoms with Gasteiger partial charge in [-0.3, -0.25) is 10.1 Å². The minimum Gasteiger partial charge on any atom is -0.477 e. The van der Waals surface area contributed by atoms with Crippen LogP contribution in [0.1, 0.15) is 35.2 Å². The zero-order chi connectivity index (χ0) is 13.1. The number of hydrogen-bond acceptors (Lipinski definition) is 4. The molecule has 1 aromatic carbocycles. The largest absolute Gasteiger partial charge is 0.477 e. The van der Waals surface area contributed by atoms with Gasteiger partial charge >= 0.3 is 5.97 Å². The molecule has 1 aliphatic carbocycles. The number of nitro groups is 1. The van der Waals surface area contributed by atoms with Crippen molar-refractivity contribution in [3.8, 4) is 0 Å². The second kappa shape index (κ2) is 5.14. The lowest BCUT2D eigenvalue weighted by Gasteiger charge is -2.25. The molecule has 6 heteroatoms. The number of carbonyl (C=O) groups is 1. The molecule has 6 nitrogen and oxygen atoms in total. The van der Waals surface area contributed by atoms with E-state index in [9.17, 15) is 14.9 Å². The second-order valence-electron chi connectivity index (χ2n) is 4.24. The highest BCUT2D eigenvalue weighted by Gasteiger charge is 2.25. The minimum atomic E-state index is -1.30. The van der Waals surface area contributed by atoms with Crippen molar-refractivity contribution >= 4 is 11.7 Å². The van der Waals surface area contributed by atoms with Crippen LogP contribution >= 0.6 is 0 Å². The average molecular weight is 251 g/mol. The topological polar surface area (TPSA) is 89.7 Å². The number of aromatic carboxylic acids is 1. The van der Waals surface area contributed by atoms with Crippen molar-refractivity contribution in [1.29, 1.82) is 0 Å². The Balaban J connectivity index is 2.24. The maximum absolute atomic E-state index is 11.1. The highest BCUT2D eigenvalue weighted by atomic mass is 16.6. The number of rotatable bonds is 5. The summed E-state index contributed by atoms with van der Waals surface area (Å²) >= 11 is 0. The predicted molar refractivity (Wildman–Crippen MR) is 62.5 cm³/mol. The quantitative estimate of drug-likeness (QED) is 0.640. The lowest BCUT2D eigenvalue weighted by atomic mass is 9.96. The van der Waals surface area contributed by atoms with Gasteiger partial charge in [-0.15, -0.1) is 0 Å². The Morgan fingerprint density at radius 2 is 2.22 bits per heavy atom.